The van der Waals surface area contributed by atoms with Crippen molar-refractivity contribution in [2.24, 2.45) is 5.92 Å². The van der Waals surface area contributed by atoms with E-state index in [0.29, 0.717) is 25.4 Å². The van der Waals surface area contributed by atoms with Crippen LogP contribution in [-0.4, -0.2) is 45.1 Å². The fourth-order valence-corrected chi connectivity index (χ4v) is 3.57. The number of likely N-dealkylation sites (tertiary alicyclic amines) is 1. The molecule has 0 aromatic heterocycles. The number of nitrogens with one attached hydrogen (secondary N) is 1. The number of benzene rings is 1. The molecule has 1 aliphatic heterocycles. The summed E-state index contributed by atoms with van der Waals surface area (Å²) in [7, 11) is -3.29. The number of rotatable bonds is 7. The van der Waals surface area contributed by atoms with Crippen molar-refractivity contribution < 1.29 is 22.0 Å². The van der Waals surface area contributed by atoms with Gasteiger partial charge in [0.2, 0.25) is 15.9 Å². The Morgan fingerprint density at radius 1 is 1.32 bits per heavy atom. The molecule has 1 aliphatic rings. The Kier molecular flexibility index (Phi) is 6.89. The maximum Gasteiger partial charge on any atom is 0.223 e. The third-order valence-corrected chi connectivity index (χ3v) is 5.13. The van der Waals surface area contributed by atoms with E-state index in [1.165, 1.54) is 6.07 Å². The summed E-state index contributed by atoms with van der Waals surface area (Å²) in [5.41, 5.74) is 0.750. The van der Waals surface area contributed by atoms with Gasteiger partial charge in [-0.15, -0.1) is 0 Å². The molecule has 1 heterocycles. The molecular formula is C17H24F2N2O3S. The van der Waals surface area contributed by atoms with Gasteiger partial charge in [-0.25, -0.2) is 21.9 Å². The highest BCUT2D eigenvalue weighted by atomic mass is 32.2. The molecule has 1 fully saturated rings. The number of nitrogens with zero attached hydrogens (tertiary/aromatic N) is 1. The summed E-state index contributed by atoms with van der Waals surface area (Å²) in [5.74, 6) is -1.43. The molecule has 2 rings (SSSR count). The number of hydrogen-bond donors (Lipinski definition) is 1. The molecule has 1 saturated heterocycles. The average Bonchev–Trinajstić information content (AvgIpc) is 2.55. The van der Waals surface area contributed by atoms with Gasteiger partial charge in [0.15, 0.2) is 11.6 Å². The van der Waals surface area contributed by atoms with Crippen molar-refractivity contribution in [1.29, 1.82) is 0 Å². The van der Waals surface area contributed by atoms with E-state index in [2.05, 4.69) is 4.72 Å². The summed E-state index contributed by atoms with van der Waals surface area (Å²) in [6, 6.07) is 3.94. The van der Waals surface area contributed by atoms with Crippen molar-refractivity contribution in [2.75, 3.05) is 25.9 Å². The van der Waals surface area contributed by atoms with Gasteiger partial charge in [-0.2, -0.15) is 0 Å². The van der Waals surface area contributed by atoms with Gasteiger partial charge in [0.25, 0.3) is 0 Å². The summed E-state index contributed by atoms with van der Waals surface area (Å²) >= 11 is 0. The fourth-order valence-electron chi connectivity index (χ4n) is 3.09. The minimum Gasteiger partial charge on any atom is -0.342 e. The topological polar surface area (TPSA) is 66.5 Å². The highest BCUT2D eigenvalue weighted by Crippen LogP contribution is 2.22. The Balaban J connectivity index is 1.79. The molecule has 0 spiro atoms. The van der Waals surface area contributed by atoms with E-state index in [9.17, 15) is 22.0 Å². The Hall–Kier alpha value is -1.54. The van der Waals surface area contributed by atoms with Crippen molar-refractivity contribution in [3.63, 3.8) is 0 Å². The summed E-state index contributed by atoms with van der Waals surface area (Å²) in [6.45, 7) is 1.41. The second-order valence-corrected chi connectivity index (χ2v) is 8.38. The van der Waals surface area contributed by atoms with Crippen LogP contribution >= 0.6 is 0 Å². The molecule has 0 aliphatic carbocycles. The van der Waals surface area contributed by atoms with Crippen molar-refractivity contribution in [3.8, 4) is 0 Å². The quantitative estimate of drug-likeness (QED) is 0.795. The first-order chi connectivity index (χ1) is 11.7. The van der Waals surface area contributed by atoms with Gasteiger partial charge in [0, 0.05) is 26.1 Å². The molecule has 0 bridgehead atoms. The molecule has 1 aromatic rings. The number of amides is 1. The van der Waals surface area contributed by atoms with E-state index in [0.717, 1.165) is 37.1 Å². The van der Waals surface area contributed by atoms with Crippen LogP contribution in [0.5, 0.6) is 0 Å². The maximum atomic E-state index is 13.2. The molecule has 5 nitrogen and oxygen atoms in total. The van der Waals surface area contributed by atoms with Crippen LogP contribution < -0.4 is 4.72 Å². The largest absolute Gasteiger partial charge is 0.342 e. The lowest BCUT2D eigenvalue weighted by atomic mass is 9.91. The van der Waals surface area contributed by atoms with Crippen LogP contribution in [-0.2, 0) is 21.2 Å². The lowest BCUT2D eigenvalue weighted by Crippen LogP contribution is -2.41. The first kappa shape index (κ1) is 19.8. The van der Waals surface area contributed by atoms with Gasteiger partial charge >= 0.3 is 0 Å². The standard InChI is InChI=1S/C17H24F2N2O3S/c1-25(23,24)20-9-8-17(22)21-10-2-3-14(12-21)5-4-13-6-7-15(18)16(19)11-13/h6-7,11,14,20H,2-5,8-10,12H2,1H3/t14-/m1/s1. The van der Waals surface area contributed by atoms with E-state index >= 15 is 0 Å². The first-order valence-corrected chi connectivity index (χ1v) is 10.3. The van der Waals surface area contributed by atoms with Gasteiger partial charge in [-0.05, 0) is 49.3 Å². The van der Waals surface area contributed by atoms with Gasteiger partial charge < -0.3 is 4.90 Å². The Bertz CT molecular complexity index is 710. The van der Waals surface area contributed by atoms with Crippen LogP contribution in [0, 0.1) is 17.6 Å². The number of carbonyl (C=O) groups excluding carboxylic acids is 1. The van der Waals surface area contributed by atoms with Crippen LogP contribution in [0.15, 0.2) is 18.2 Å². The summed E-state index contributed by atoms with van der Waals surface area (Å²) in [6.07, 6.45) is 4.54. The molecular weight excluding hydrogens is 350 g/mol. The smallest absolute Gasteiger partial charge is 0.223 e. The molecule has 1 aromatic carbocycles. The van der Waals surface area contributed by atoms with Gasteiger partial charge in [-0.1, -0.05) is 6.07 Å². The number of sulfonamides is 1. The number of halogens is 2. The lowest BCUT2D eigenvalue weighted by molar-refractivity contribution is -0.132. The van der Waals surface area contributed by atoms with Crippen molar-refractivity contribution in [2.45, 2.75) is 32.1 Å². The van der Waals surface area contributed by atoms with Crippen molar-refractivity contribution in [3.05, 3.63) is 35.4 Å². The second kappa shape index (κ2) is 8.71. The van der Waals surface area contributed by atoms with E-state index in [-0.39, 0.29) is 18.9 Å². The SMILES string of the molecule is CS(=O)(=O)NCCC(=O)N1CCC[C@H](CCc2ccc(F)c(F)c2)C1. The maximum absolute atomic E-state index is 13.2. The molecule has 0 unspecified atom stereocenters. The van der Waals surface area contributed by atoms with E-state index in [1.807, 2.05) is 0 Å². The lowest BCUT2D eigenvalue weighted by Gasteiger charge is -2.33. The minimum absolute atomic E-state index is 0.0614. The minimum atomic E-state index is -3.29. The zero-order chi connectivity index (χ0) is 18.4. The van der Waals surface area contributed by atoms with E-state index in [4.69, 9.17) is 0 Å². The van der Waals surface area contributed by atoms with E-state index in [1.54, 1.807) is 11.0 Å². The van der Waals surface area contributed by atoms with Crippen LogP contribution in [0.3, 0.4) is 0 Å². The number of piperidine rings is 1. The van der Waals surface area contributed by atoms with Crippen LogP contribution in [0.4, 0.5) is 8.78 Å². The number of hydrogen-bond acceptors (Lipinski definition) is 3. The van der Waals surface area contributed by atoms with E-state index < -0.39 is 21.7 Å². The molecule has 8 heteroatoms. The summed E-state index contributed by atoms with van der Waals surface area (Å²) < 4.78 is 50.5. The first-order valence-electron chi connectivity index (χ1n) is 8.41. The molecule has 1 N–H and O–H groups in total. The molecule has 140 valence electrons. The van der Waals surface area contributed by atoms with Gasteiger partial charge in [-0.3, -0.25) is 4.79 Å². The summed E-state index contributed by atoms with van der Waals surface area (Å²) in [5, 5.41) is 0. The van der Waals surface area contributed by atoms with Crippen molar-refractivity contribution >= 4 is 15.9 Å². The second-order valence-electron chi connectivity index (χ2n) is 6.55. The zero-order valence-electron chi connectivity index (χ0n) is 14.3. The Morgan fingerprint density at radius 3 is 2.76 bits per heavy atom. The third kappa shape index (κ3) is 6.70. The Labute approximate surface area is 147 Å². The number of aryl methyl sites for hydroxylation is 1. The van der Waals surface area contributed by atoms with Crippen LogP contribution in [0.25, 0.3) is 0 Å². The average molecular weight is 374 g/mol. The molecule has 25 heavy (non-hydrogen) atoms. The monoisotopic (exact) mass is 374 g/mol. The number of carbonyl (C=O) groups is 1. The molecule has 1 atom stereocenters. The predicted octanol–water partition coefficient (Wildman–Crippen LogP) is 2.08. The van der Waals surface area contributed by atoms with Crippen LogP contribution in [0.1, 0.15) is 31.2 Å². The molecule has 0 saturated carbocycles. The predicted molar refractivity (Wildman–Crippen MR) is 91.4 cm³/mol. The third-order valence-electron chi connectivity index (χ3n) is 4.40. The van der Waals surface area contributed by atoms with Crippen molar-refractivity contribution in [1.82, 2.24) is 9.62 Å². The van der Waals surface area contributed by atoms with Gasteiger partial charge in [0.05, 0.1) is 6.26 Å². The summed E-state index contributed by atoms with van der Waals surface area (Å²) in [4.78, 5) is 14.0. The highest BCUT2D eigenvalue weighted by Gasteiger charge is 2.23. The van der Waals surface area contributed by atoms with Crippen LogP contribution in [0.2, 0.25) is 0 Å². The normalized spacial score (nSPS) is 18.4. The molecule has 1 amide bonds. The zero-order valence-corrected chi connectivity index (χ0v) is 15.1. The Morgan fingerprint density at radius 2 is 2.08 bits per heavy atom. The fraction of sp³-hybridized carbons (Fsp3) is 0.588. The highest BCUT2D eigenvalue weighted by molar-refractivity contribution is 7.88. The van der Waals surface area contributed by atoms with Gasteiger partial charge in [0.1, 0.15) is 0 Å². The molecule has 0 radical (unpaired) electrons.